The summed E-state index contributed by atoms with van der Waals surface area (Å²) in [5.74, 6) is 0.0206. The van der Waals surface area contributed by atoms with Crippen LogP contribution in [0.3, 0.4) is 0 Å². The number of rotatable bonds is 6. The highest BCUT2D eigenvalue weighted by molar-refractivity contribution is 6.31. The number of hydrogen-bond donors (Lipinski definition) is 2. The maximum absolute atomic E-state index is 12.9. The van der Waals surface area contributed by atoms with Gasteiger partial charge in [0.05, 0.1) is 17.6 Å². The fraction of sp³-hybridized carbons (Fsp3) is 0.188. The number of fused-ring (bicyclic) bond motifs is 1. The first-order valence-corrected chi connectivity index (χ1v) is 13.5. The highest BCUT2D eigenvalue weighted by Crippen LogP contribution is 2.30. The van der Waals surface area contributed by atoms with Crippen LogP contribution in [-0.2, 0) is 16.1 Å². The monoisotopic (exact) mass is 536 g/mol. The Hall–Kier alpha value is -4.13. The second-order valence-electron chi connectivity index (χ2n) is 9.79. The zero-order chi connectivity index (χ0) is 26.8. The lowest BCUT2D eigenvalue weighted by atomic mass is 9.98. The molecule has 0 aliphatic carbocycles. The van der Waals surface area contributed by atoms with Gasteiger partial charge in [-0.05, 0) is 60.4 Å². The predicted octanol–water partition coefficient (Wildman–Crippen LogP) is 6.65. The van der Waals surface area contributed by atoms with Crippen LogP contribution >= 0.6 is 11.6 Å². The second kappa shape index (κ2) is 10.9. The van der Waals surface area contributed by atoms with Gasteiger partial charge in [0.2, 0.25) is 11.5 Å². The summed E-state index contributed by atoms with van der Waals surface area (Å²) in [5, 5.41) is 12.9. The third kappa shape index (κ3) is 5.01. The van der Waals surface area contributed by atoms with E-state index in [9.17, 15) is 4.79 Å². The van der Waals surface area contributed by atoms with Crippen LogP contribution in [0.25, 0.3) is 27.8 Å². The number of halogens is 1. The summed E-state index contributed by atoms with van der Waals surface area (Å²) in [5.41, 5.74) is 6.89. The minimum absolute atomic E-state index is 0.0239. The van der Waals surface area contributed by atoms with Gasteiger partial charge in [-0.1, -0.05) is 72.3 Å². The van der Waals surface area contributed by atoms with Crippen molar-refractivity contribution < 1.29 is 9.53 Å². The number of nitrogens with one attached hydrogen (secondary N) is 2. The lowest BCUT2D eigenvalue weighted by Crippen LogP contribution is -2.28. The van der Waals surface area contributed by atoms with Crippen LogP contribution in [0, 0.1) is 11.3 Å². The van der Waals surface area contributed by atoms with Gasteiger partial charge in [0, 0.05) is 41.1 Å². The highest BCUT2D eigenvalue weighted by atomic mass is 35.5. The number of imidazole rings is 1. The van der Waals surface area contributed by atoms with E-state index in [0.717, 1.165) is 51.9 Å². The summed E-state index contributed by atoms with van der Waals surface area (Å²) in [4.78, 5) is 12.9. The van der Waals surface area contributed by atoms with E-state index in [2.05, 4.69) is 5.32 Å². The molecule has 6 rings (SSSR count). The fourth-order valence-corrected chi connectivity index (χ4v) is 5.47. The maximum Gasteiger partial charge on any atom is 0.227 e. The largest absolute Gasteiger partial charge is 0.381 e. The van der Waals surface area contributed by atoms with E-state index in [1.54, 1.807) is 0 Å². The van der Waals surface area contributed by atoms with Crippen molar-refractivity contribution in [2.24, 2.45) is 5.92 Å². The van der Waals surface area contributed by atoms with Crippen molar-refractivity contribution in [1.82, 2.24) is 9.13 Å². The summed E-state index contributed by atoms with van der Waals surface area (Å²) >= 11 is 6.45. The third-order valence-corrected chi connectivity index (χ3v) is 7.75. The van der Waals surface area contributed by atoms with Crippen LogP contribution in [-0.4, -0.2) is 28.3 Å². The molecule has 2 N–H and O–H groups in total. The molecule has 0 unspecified atom stereocenters. The third-order valence-electron chi connectivity index (χ3n) is 7.38. The number of nitrogens with zero attached hydrogens (tertiary/aromatic N) is 2. The summed E-state index contributed by atoms with van der Waals surface area (Å²) in [6.45, 7) is 1.77. The first-order valence-electron chi connectivity index (χ1n) is 13.2. The minimum atomic E-state index is -0.0239. The first kappa shape index (κ1) is 25.2. The van der Waals surface area contributed by atoms with Gasteiger partial charge in [-0.2, -0.15) is 0 Å². The highest BCUT2D eigenvalue weighted by Gasteiger charge is 2.22. The van der Waals surface area contributed by atoms with Crippen molar-refractivity contribution in [2.45, 2.75) is 19.4 Å². The van der Waals surface area contributed by atoms with Crippen molar-refractivity contribution >= 4 is 34.2 Å². The van der Waals surface area contributed by atoms with Crippen LogP contribution in [0.1, 0.15) is 18.4 Å². The van der Waals surface area contributed by atoms with Gasteiger partial charge in [0.1, 0.15) is 0 Å². The van der Waals surface area contributed by atoms with Crippen molar-refractivity contribution in [2.75, 3.05) is 18.5 Å². The molecule has 0 atom stereocenters. The number of benzene rings is 4. The predicted molar refractivity (Wildman–Crippen MR) is 155 cm³/mol. The van der Waals surface area contributed by atoms with Crippen LogP contribution < -0.4 is 10.9 Å². The van der Waals surface area contributed by atoms with Crippen molar-refractivity contribution in [3.05, 3.63) is 113 Å². The van der Waals surface area contributed by atoms with E-state index < -0.39 is 0 Å². The Morgan fingerprint density at radius 2 is 1.54 bits per heavy atom. The number of hydrogen-bond acceptors (Lipinski definition) is 3. The number of ether oxygens (including phenoxy) is 1. The summed E-state index contributed by atoms with van der Waals surface area (Å²) in [6, 6.07) is 31.8. The quantitative estimate of drug-likeness (QED) is 0.255. The smallest absolute Gasteiger partial charge is 0.227 e. The number of carbonyl (C=O) groups excluding carboxylic acids is 1. The Morgan fingerprint density at radius 1 is 0.872 bits per heavy atom. The molecule has 196 valence electrons. The molecular weight excluding hydrogens is 508 g/mol. The average molecular weight is 537 g/mol. The molecule has 1 saturated heterocycles. The molecule has 7 heteroatoms. The van der Waals surface area contributed by atoms with E-state index in [-0.39, 0.29) is 11.8 Å². The first-order chi connectivity index (χ1) is 19.1. The molecule has 1 aromatic heterocycles. The van der Waals surface area contributed by atoms with Gasteiger partial charge in [-0.15, -0.1) is 0 Å². The topological polar surface area (TPSA) is 72.0 Å². The van der Waals surface area contributed by atoms with Gasteiger partial charge >= 0.3 is 0 Å². The summed E-state index contributed by atoms with van der Waals surface area (Å²) < 4.78 is 9.34. The molecule has 1 fully saturated rings. The molecule has 0 spiro atoms. The minimum Gasteiger partial charge on any atom is -0.381 e. The van der Waals surface area contributed by atoms with Gasteiger partial charge in [-0.25, -0.2) is 0 Å². The second-order valence-corrected chi connectivity index (χ2v) is 10.2. The fourth-order valence-electron chi connectivity index (χ4n) is 5.28. The Labute approximate surface area is 231 Å². The van der Waals surface area contributed by atoms with E-state index in [4.69, 9.17) is 21.7 Å². The number of para-hydroxylation sites is 3. The van der Waals surface area contributed by atoms with Crippen LogP contribution in [0.5, 0.6) is 0 Å². The molecule has 2 heterocycles. The number of anilines is 1. The van der Waals surface area contributed by atoms with Gasteiger partial charge in [0.25, 0.3) is 0 Å². The zero-order valence-electron chi connectivity index (χ0n) is 21.4. The van der Waals surface area contributed by atoms with E-state index >= 15 is 0 Å². The molecular formula is C32H29ClN4O2. The number of aromatic nitrogens is 2. The van der Waals surface area contributed by atoms with Crippen LogP contribution in [0.4, 0.5) is 5.69 Å². The Bertz CT molecular complexity index is 1700. The van der Waals surface area contributed by atoms with Crippen LogP contribution in [0.2, 0.25) is 5.02 Å². The normalized spacial score (nSPS) is 14.0. The summed E-state index contributed by atoms with van der Waals surface area (Å²) in [7, 11) is 0. The van der Waals surface area contributed by atoms with Gasteiger partial charge < -0.3 is 14.6 Å². The van der Waals surface area contributed by atoms with Crippen molar-refractivity contribution in [1.29, 1.82) is 5.41 Å². The SMILES string of the molecule is N=c1n(Cc2ccccc2Cl)c2ccccc2n1-c1ccc(-c2ccccc2NC(=O)C2CCOCC2)cc1. The summed E-state index contributed by atoms with van der Waals surface area (Å²) in [6.07, 6.45) is 1.50. The standard InChI is InChI=1S/C32H29ClN4O2/c33-27-9-3-1-7-24(27)21-36-29-11-5-6-12-30(29)37(32(36)34)25-15-13-22(14-16-25)26-8-2-4-10-28(26)35-31(38)23-17-19-39-20-18-23/h1-16,23,34H,17-21H2,(H,35,38). The molecule has 39 heavy (non-hydrogen) atoms. The number of carbonyl (C=O) groups is 1. The van der Waals surface area contributed by atoms with E-state index in [1.165, 1.54) is 0 Å². The van der Waals surface area contributed by atoms with Crippen molar-refractivity contribution in [3.63, 3.8) is 0 Å². The lowest BCUT2D eigenvalue weighted by Gasteiger charge is -2.22. The average Bonchev–Trinajstić information content (AvgIpc) is 3.26. The molecule has 5 aromatic rings. The maximum atomic E-state index is 12.9. The van der Waals surface area contributed by atoms with Crippen LogP contribution in [0.15, 0.2) is 97.1 Å². The molecule has 0 bridgehead atoms. The molecule has 1 amide bonds. The Balaban J connectivity index is 1.33. The molecule has 0 saturated carbocycles. The zero-order valence-corrected chi connectivity index (χ0v) is 22.2. The van der Waals surface area contributed by atoms with Gasteiger partial charge in [0.15, 0.2) is 0 Å². The Morgan fingerprint density at radius 3 is 2.31 bits per heavy atom. The molecule has 1 aliphatic heterocycles. The van der Waals surface area contributed by atoms with E-state index in [0.29, 0.717) is 30.4 Å². The van der Waals surface area contributed by atoms with E-state index in [1.807, 2.05) is 106 Å². The Kier molecular flexibility index (Phi) is 7.05. The molecule has 0 radical (unpaired) electrons. The number of amides is 1. The lowest BCUT2D eigenvalue weighted by molar-refractivity contribution is -0.122. The molecule has 4 aromatic carbocycles. The van der Waals surface area contributed by atoms with Gasteiger partial charge in [-0.3, -0.25) is 14.8 Å². The molecule has 1 aliphatic rings. The van der Waals surface area contributed by atoms with Crippen molar-refractivity contribution in [3.8, 4) is 16.8 Å². The molecule has 6 nitrogen and oxygen atoms in total.